The summed E-state index contributed by atoms with van der Waals surface area (Å²) in [5.74, 6) is 6.94. The molecule has 20 heavy (non-hydrogen) atoms. The van der Waals surface area contributed by atoms with Gasteiger partial charge in [-0.2, -0.15) is 0 Å². The van der Waals surface area contributed by atoms with Crippen LogP contribution >= 0.6 is 11.6 Å². The Morgan fingerprint density at radius 2 is 1.95 bits per heavy atom. The summed E-state index contributed by atoms with van der Waals surface area (Å²) in [7, 11) is 3.17. The van der Waals surface area contributed by atoms with E-state index in [9.17, 15) is 0 Å². The number of nitrogens with zero attached hydrogens (tertiary/aromatic N) is 1. The zero-order valence-corrected chi connectivity index (χ0v) is 12.0. The van der Waals surface area contributed by atoms with Gasteiger partial charge < -0.3 is 9.47 Å². The van der Waals surface area contributed by atoms with Gasteiger partial charge in [0.1, 0.15) is 11.5 Å². The van der Waals surface area contributed by atoms with E-state index >= 15 is 0 Å². The molecule has 1 aromatic heterocycles. The highest BCUT2D eigenvalue weighted by molar-refractivity contribution is 6.32. The minimum atomic E-state index is -0.251. The van der Waals surface area contributed by atoms with Crippen LogP contribution in [0.1, 0.15) is 17.2 Å². The summed E-state index contributed by atoms with van der Waals surface area (Å²) in [5, 5.41) is 0.550. The van der Waals surface area contributed by atoms with Crippen LogP contribution in [0.15, 0.2) is 36.7 Å². The van der Waals surface area contributed by atoms with Crippen LogP contribution in [0.2, 0.25) is 5.02 Å². The van der Waals surface area contributed by atoms with Crippen molar-refractivity contribution in [2.45, 2.75) is 6.04 Å². The largest absolute Gasteiger partial charge is 0.495 e. The highest BCUT2D eigenvalue weighted by Crippen LogP contribution is 2.33. The number of hydrogen-bond acceptors (Lipinski definition) is 5. The SMILES string of the molecule is COc1cc(C(NN)c2ccncc2OC)ccc1Cl. The molecule has 6 heteroatoms. The second-order valence-corrected chi connectivity index (χ2v) is 4.52. The first-order valence-electron chi connectivity index (χ1n) is 5.98. The number of hydrazine groups is 1. The average molecular weight is 294 g/mol. The molecular weight excluding hydrogens is 278 g/mol. The van der Waals surface area contributed by atoms with Crippen LogP contribution in [0.5, 0.6) is 11.5 Å². The number of halogens is 1. The lowest BCUT2D eigenvalue weighted by Gasteiger charge is -2.20. The molecule has 0 fully saturated rings. The van der Waals surface area contributed by atoms with Gasteiger partial charge in [0.2, 0.25) is 0 Å². The standard InChI is InChI=1S/C14H16ClN3O2/c1-19-12-7-9(3-4-11(12)15)14(18-16)10-5-6-17-8-13(10)20-2/h3-8,14,18H,16H2,1-2H3. The molecule has 0 aliphatic heterocycles. The fourth-order valence-corrected chi connectivity index (χ4v) is 2.22. The van der Waals surface area contributed by atoms with Crippen molar-refractivity contribution in [1.29, 1.82) is 0 Å². The summed E-state index contributed by atoms with van der Waals surface area (Å²) < 4.78 is 10.5. The molecule has 0 saturated heterocycles. The molecule has 1 aromatic carbocycles. The molecule has 1 unspecified atom stereocenters. The summed E-state index contributed by atoms with van der Waals surface area (Å²) in [6.45, 7) is 0. The fourth-order valence-electron chi connectivity index (χ4n) is 2.02. The molecule has 2 rings (SSSR count). The van der Waals surface area contributed by atoms with Crippen molar-refractivity contribution in [2.24, 2.45) is 5.84 Å². The summed E-state index contributed by atoms with van der Waals surface area (Å²) in [5.41, 5.74) is 4.57. The third-order valence-corrected chi connectivity index (χ3v) is 3.33. The highest BCUT2D eigenvalue weighted by Gasteiger charge is 2.18. The van der Waals surface area contributed by atoms with E-state index in [0.29, 0.717) is 16.5 Å². The number of pyridine rings is 1. The van der Waals surface area contributed by atoms with Crippen LogP contribution < -0.4 is 20.7 Å². The van der Waals surface area contributed by atoms with Gasteiger partial charge in [0, 0.05) is 11.8 Å². The van der Waals surface area contributed by atoms with Crippen LogP contribution in [0.3, 0.4) is 0 Å². The van der Waals surface area contributed by atoms with Crippen LogP contribution in [-0.4, -0.2) is 19.2 Å². The first-order valence-corrected chi connectivity index (χ1v) is 6.36. The van der Waals surface area contributed by atoms with Crippen molar-refractivity contribution >= 4 is 11.6 Å². The molecule has 0 aliphatic carbocycles. The molecule has 1 atom stereocenters. The third-order valence-electron chi connectivity index (χ3n) is 3.02. The lowest BCUT2D eigenvalue weighted by atomic mass is 9.99. The Balaban J connectivity index is 2.47. The number of rotatable bonds is 5. The average Bonchev–Trinajstić information content (AvgIpc) is 2.50. The molecule has 0 saturated carbocycles. The summed E-state index contributed by atoms with van der Waals surface area (Å²) in [6.07, 6.45) is 3.34. The maximum atomic E-state index is 6.04. The van der Waals surface area contributed by atoms with Crippen molar-refractivity contribution in [3.05, 3.63) is 52.8 Å². The van der Waals surface area contributed by atoms with Gasteiger partial charge in [0.15, 0.2) is 0 Å². The number of aromatic nitrogens is 1. The van der Waals surface area contributed by atoms with Gasteiger partial charge in [0.05, 0.1) is 31.5 Å². The number of ether oxygens (including phenoxy) is 2. The Morgan fingerprint density at radius 1 is 1.20 bits per heavy atom. The summed E-state index contributed by atoms with van der Waals surface area (Å²) in [4.78, 5) is 4.03. The number of nitrogens with two attached hydrogens (primary N) is 1. The van der Waals surface area contributed by atoms with Gasteiger partial charge in [-0.25, -0.2) is 5.43 Å². The zero-order chi connectivity index (χ0) is 14.5. The minimum Gasteiger partial charge on any atom is -0.495 e. The smallest absolute Gasteiger partial charge is 0.142 e. The van der Waals surface area contributed by atoms with Crippen LogP contribution in [0.25, 0.3) is 0 Å². The normalized spacial score (nSPS) is 12.0. The van der Waals surface area contributed by atoms with E-state index in [4.69, 9.17) is 26.9 Å². The van der Waals surface area contributed by atoms with Crippen LogP contribution in [-0.2, 0) is 0 Å². The van der Waals surface area contributed by atoms with Crippen molar-refractivity contribution in [2.75, 3.05) is 14.2 Å². The van der Waals surface area contributed by atoms with Gasteiger partial charge in [-0.05, 0) is 23.8 Å². The van der Waals surface area contributed by atoms with E-state index in [1.165, 1.54) is 0 Å². The van der Waals surface area contributed by atoms with E-state index in [2.05, 4.69) is 10.4 Å². The van der Waals surface area contributed by atoms with Crippen molar-refractivity contribution < 1.29 is 9.47 Å². The monoisotopic (exact) mass is 293 g/mol. The van der Waals surface area contributed by atoms with E-state index in [1.54, 1.807) is 32.7 Å². The van der Waals surface area contributed by atoms with E-state index in [-0.39, 0.29) is 6.04 Å². The molecule has 0 aliphatic rings. The maximum Gasteiger partial charge on any atom is 0.142 e. The molecule has 0 radical (unpaired) electrons. The van der Waals surface area contributed by atoms with Gasteiger partial charge in [0.25, 0.3) is 0 Å². The Kier molecular flexibility index (Phi) is 4.79. The fraction of sp³-hybridized carbons (Fsp3) is 0.214. The topological polar surface area (TPSA) is 69.4 Å². The van der Waals surface area contributed by atoms with Gasteiger partial charge in [-0.15, -0.1) is 0 Å². The molecule has 5 nitrogen and oxygen atoms in total. The number of hydrogen-bond donors (Lipinski definition) is 2. The van der Waals surface area contributed by atoms with Gasteiger partial charge >= 0.3 is 0 Å². The third kappa shape index (κ3) is 2.85. The van der Waals surface area contributed by atoms with Crippen molar-refractivity contribution in [1.82, 2.24) is 10.4 Å². The Morgan fingerprint density at radius 3 is 2.60 bits per heavy atom. The lowest BCUT2D eigenvalue weighted by molar-refractivity contribution is 0.401. The zero-order valence-electron chi connectivity index (χ0n) is 11.3. The molecule has 0 amide bonds. The van der Waals surface area contributed by atoms with Crippen LogP contribution in [0.4, 0.5) is 0 Å². The van der Waals surface area contributed by atoms with E-state index in [0.717, 1.165) is 11.1 Å². The van der Waals surface area contributed by atoms with Gasteiger partial charge in [-0.1, -0.05) is 17.7 Å². The quantitative estimate of drug-likeness (QED) is 0.654. The highest BCUT2D eigenvalue weighted by atomic mass is 35.5. The molecule has 2 aromatic rings. The second-order valence-electron chi connectivity index (χ2n) is 4.11. The lowest BCUT2D eigenvalue weighted by Crippen LogP contribution is -2.29. The Bertz CT molecular complexity index is 592. The molecule has 1 heterocycles. The molecule has 106 valence electrons. The number of methoxy groups -OCH3 is 2. The molecule has 3 N–H and O–H groups in total. The van der Waals surface area contributed by atoms with E-state index in [1.807, 2.05) is 18.2 Å². The van der Waals surface area contributed by atoms with Crippen molar-refractivity contribution in [3.8, 4) is 11.5 Å². The van der Waals surface area contributed by atoms with Gasteiger partial charge in [-0.3, -0.25) is 10.8 Å². The number of benzene rings is 1. The summed E-state index contributed by atoms with van der Waals surface area (Å²) >= 11 is 6.04. The maximum absolute atomic E-state index is 6.04. The predicted molar refractivity (Wildman–Crippen MR) is 78.0 cm³/mol. The summed E-state index contributed by atoms with van der Waals surface area (Å²) in [6, 6.07) is 7.10. The molecule has 0 spiro atoms. The molecule has 0 bridgehead atoms. The predicted octanol–water partition coefficient (Wildman–Crippen LogP) is 2.30. The first-order chi connectivity index (χ1) is 9.71. The van der Waals surface area contributed by atoms with Crippen LogP contribution in [0, 0.1) is 0 Å². The van der Waals surface area contributed by atoms with E-state index < -0.39 is 0 Å². The number of nitrogens with one attached hydrogen (secondary N) is 1. The Hall–Kier alpha value is -1.82. The van der Waals surface area contributed by atoms with Crippen molar-refractivity contribution in [3.63, 3.8) is 0 Å². The minimum absolute atomic E-state index is 0.251. The Labute approximate surface area is 122 Å². The second kappa shape index (κ2) is 6.56. The molecular formula is C14H16ClN3O2. The first kappa shape index (κ1) is 14.6.